The number of rotatable bonds is 6. The first-order valence-electron chi connectivity index (χ1n) is 5.91. The smallest absolute Gasteiger partial charge is 0.312 e. The van der Waals surface area contributed by atoms with Crippen LogP contribution in [0.5, 0.6) is 5.75 Å². The van der Waals surface area contributed by atoms with Gasteiger partial charge in [-0.3, -0.25) is 4.79 Å². The lowest BCUT2D eigenvalue weighted by molar-refractivity contribution is -0.150. The Morgan fingerprint density at radius 2 is 1.83 bits per heavy atom. The Bertz CT molecular complexity index is 385. The fraction of sp³-hybridized carbons (Fsp3) is 0.500. The molecule has 0 aromatic heterocycles. The van der Waals surface area contributed by atoms with Gasteiger partial charge >= 0.3 is 5.97 Å². The molecule has 0 amide bonds. The molecule has 1 aromatic rings. The Labute approximate surface area is 108 Å². The van der Waals surface area contributed by atoms with E-state index in [0.29, 0.717) is 13.1 Å². The minimum Gasteiger partial charge on any atom is -0.497 e. The highest BCUT2D eigenvalue weighted by Crippen LogP contribution is 2.16. The summed E-state index contributed by atoms with van der Waals surface area (Å²) in [5.41, 5.74) is 0.637. The van der Waals surface area contributed by atoms with Gasteiger partial charge in [0.2, 0.25) is 0 Å². The van der Waals surface area contributed by atoms with Gasteiger partial charge in [-0.05, 0) is 31.5 Å². The third kappa shape index (κ3) is 4.04. The van der Waals surface area contributed by atoms with Gasteiger partial charge in [0.1, 0.15) is 5.75 Å². The largest absolute Gasteiger partial charge is 0.497 e. The Hall–Kier alpha value is -1.55. The van der Waals surface area contributed by atoms with E-state index in [2.05, 4.69) is 5.32 Å². The molecular weight excluding hydrogens is 230 g/mol. The lowest BCUT2D eigenvalue weighted by Crippen LogP contribution is -2.36. The molecule has 0 heterocycles. The maximum atomic E-state index is 11.5. The van der Waals surface area contributed by atoms with Gasteiger partial charge in [-0.1, -0.05) is 12.1 Å². The van der Waals surface area contributed by atoms with Crippen LogP contribution in [0.1, 0.15) is 19.4 Å². The van der Waals surface area contributed by atoms with E-state index in [4.69, 9.17) is 9.47 Å². The van der Waals surface area contributed by atoms with Crippen LogP contribution in [-0.4, -0.2) is 26.7 Å². The minimum atomic E-state index is -0.513. The Morgan fingerprint density at radius 3 is 2.33 bits per heavy atom. The molecule has 0 bridgehead atoms. The van der Waals surface area contributed by atoms with Gasteiger partial charge in [0.15, 0.2) is 0 Å². The van der Waals surface area contributed by atoms with E-state index < -0.39 is 5.41 Å². The van der Waals surface area contributed by atoms with Crippen LogP contribution in [0.2, 0.25) is 0 Å². The molecule has 0 atom stereocenters. The number of esters is 1. The van der Waals surface area contributed by atoms with E-state index in [0.717, 1.165) is 11.3 Å². The van der Waals surface area contributed by atoms with Gasteiger partial charge in [0, 0.05) is 13.1 Å². The highest BCUT2D eigenvalue weighted by molar-refractivity contribution is 5.76. The average molecular weight is 251 g/mol. The molecule has 0 unspecified atom stereocenters. The van der Waals surface area contributed by atoms with Crippen LogP contribution in [0.25, 0.3) is 0 Å². The number of nitrogens with one attached hydrogen (secondary N) is 1. The zero-order valence-electron chi connectivity index (χ0n) is 11.4. The highest BCUT2D eigenvalue weighted by atomic mass is 16.5. The molecule has 0 radical (unpaired) electrons. The molecule has 0 aliphatic carbocycles. The van der Waals surface area contributed by atoms with Gasteiger partial charge < -0.3 is 14.8 Å². The van der Waals surface area contributed by atoms with Gasteiger partial charge in [-0.15, -0.1) is 0 Å². The van der Waals surface area contributed by atoms with Crippen molar-refractivity contribution in [3.05, 3.63) is 29.8 Å². The second kappa shape index (κ2) is 6.40. The summed E-state index contributed by atoms with van der Waals surface area (Å²) in [5.74, 6) is 0.637. The number of methoxy groups -OCH3 is 2. The van der Waals surface area contributed by atoms with Gasteiger partial charge in [0.25, 0.3) is 0 Å². The molecule has 0 saturated carbocycles. The monoisotopic (exact) mass is 251 g/mol. The Morgan fingerprint density at radius 1 is 1.22 bits per heavy atom. The van der Waals surface area contributed by atoms with Crippen molar-refractivity contribution in [2.75, 3.05) is 20.8 Å². The van der Waals surface area contributed by atoms with Crippen molar-refractivity contribution in [1.29, 1.82) is 0 Å². The second-order valence-electron chi connectivity index (χ2n) is 4.83. The molecule has 0 fully saturated rings. The standard InChI is InChI=1S/C14H21NO3/c1-14(2,13(16)18-4)10-15-9-11-5-7-12(17-3)8-6-11/h5-8,15H,9-10H2,1-4H3. The molecule has 1 N–H and O–H groups in total. The van der Waals surface area contributed by atoms with E-state index in [9.17, 15) is 4.79 Å². The van der Waals surface area contributed by atoms with Gasteiger partial charge in [-0.2, -0.15) is 0 Å². The lowest BCUT2D eigenvalue weighted by Gasteiger charge is -2.21. The maximum absolute atomic E-state index is 11.5. The molecule has 4 nitrogen and oxygen atoms in total. The summed E-state index contributed by atoms with van der Waals surface area (Å²) in [4.78, 5) is 11.5. The first-order valence-corrected chi connectivity index (χ1v) is 5.91. The van der Waals surface area contributed by atoms with E-state index in [1.54, 1.807) is 7.11 Å². The number of hydrogen-bond acceptors (Lipinski definition) is 4. The number of ether oxygens (including phenoxy) is 2. The molecule has 4 heteroatoms. The van der Waals surface area contributed by atoms with Crippen LogP contribution in [0.15, 0.2) is 24.3 Å². The summed E-state index contributed by atoms with van der Waals surface area (Å²) in [5, 5.41) is 3.25. The second-order valence-corrected chi connectivity index (χ2v) is 4.83. The number of benzene rings is 1. The Balaban J connectivity index is 2.43. The van der Waals surface area contributed by atoms with Crippen molar-refractivity contribution < 1.29 is 14.3 Å². The van der Waals surface area contributed by atoms with Crippen molar-refractivity contribution >= 4 is 5.97 Å². The summed E-state index contributed by atoms with van der Waals surface area (Å²) in [6, 6.07) is 7.83. The van der Waals surface area contributed by atoms with Crippen LogP contribution in [0, 0.1) is 5.41 Å². The highest BCUT2D eigenvalue weighted by Gasteiger charge is 2.27. The SMILES string of the molecule is COC(=O)C(C)(C)CNCc1ccc(OC)cc1. The predicted molar refractivity (Wildman–Crippen MR) is 70.5 cm³/mol. The third-order valence-electron chi connectivity index (χ3n) is 2.79. The van der Waals surface area contributed by atoms with E-state index in [1.807, 2.05) is 38.1 Å². The normalized spacial score (nSPS) is 11.1. The van der Waals surface area contributed by atoms with Crippen LogP contribution < -0.4 is 10.1 Å². The quantitative estimate of drug-likeness (QED) is 0.785. The molecule has 0 saturated heterocycles. The Kier molecular flexibility index (Phi) is 5.16. The third-order valence-corrected chi connectivity index (χ3v) is 2.79. The molecule has 1 aromatic carbocycles. The average Bonchev–Trinajstić information content (AvgIpc) is 2.38. The summed E-state index contributed by atoms with van der Waals surface area (Å²) >= 11 is 0. The molecule has 0 aliphatic heterocycles. The maximum Gasteiger partial charge on any atom is 0.312 e. The van der Waals surface area contributed by atoms with Crippen molar-refractivity contribution in [3.8, 4) is 5.75 Å². The fourth-order valence-corrected chi connectivity index (χ4v) is 1.61. The van der Waals surface area contributed by atoms with E-state index in [1.165, 1.54) is 7.11 Å². The summed E-state index contributed by atoms with van der Waals surface area (Å²) in [7, 11) is 3.06. The first-order chi connectivity index (χ1) is 8.49. The lowest BCUT2D eigenvalue weighted by atomic mass is 9.94. The van der Waals surface area contributed by atoms with Crippen molar-refractivity contribution in [3.63, 3.8) is 0 Å². The van der Waals surface area contributed by atoms with Crippen molar-refractivity contribution in [2.24, 2.45) is 5.41 Å². The number of carbonyl (C=O) groups is 1. The summed E-state index contributed by atoms with van der Waals surface area (Å²) in [6.45, 7) is 5.01. The van der Waals surface area contributed by atoms with Crippen LogP contribution in [0.3, 0.4) is 0 Å². The first kappa shape index (κ1) is 14.5. The van der Waals surface area contributed by atoms with Gasteiger partial charge in [0.05, 0.1) is 19.6 Å². The van der Waals surface area contributed by atoms with Gasteiger partial charge in [-0.25, -0.2) is 0 Å². The molecule has 0 spiro atoms. The van der Waals surface area contributed by atoms with Crippen LogP contribution >= 0.6 is 0 Å². The predicted octanol–water partition coefficient (Wildman–Crippen LogP) is 1.98. The molecule has 100 valence electrons. The van der Waals surface area contributed by atoms with E-state index >= 15 is 0 Å². The topological polar surface area (TPSA) is 47.6 Å². The molecular formula is C14H21NO3. The van der Waals surface area contributed by atoms with Crippen molar-refractivity contribution in [1.82, 2.24) is 5.32 Å². The fourth-order valence-electron chi connectivity index (χ4n) is 1.61. The van der Waals surface area contributed by atoms with Crippen LogP contribution in [0.4, 0.5) is 0 Å². The van der Waals surface area contributed by atoms with E-state index in [-0.39, 0.29) is 5.97 Å². The summed E-state index contributed by atoms with van der Waals surface area (Å²) < 4.78 is 9.84. The van der Waals surface area contributed by atoms with Crippen molar-refractivity contribution in [2.45, 2.75) is 20.4 Å². The number of hydrogen-bond donors (Lipinski definition) is 1. The zero-order valence-corrected chi connectivity index (χ0v) is 11.4. The number of carbonyl (C=O) groups excluding carboxylic acids is 1. The molecule has 0 aliphatic rings. The minimum absolute atomic E-state index is 0.204. The molecule has 1 rings (SSSR count). The zero-order chi connectivity index (χ0) is 13.6. The van der Waals surface area contributed by atoms with Crippen LogP contribution in [-0.2, 0) is 16.1 Å². The molecule has 18 heavy (non-hydrogen) atoms. The summed E-state index contributed by atoms with van der Waals surface area (Å²) in [6.07, 6.45) is 0.